The molecule has 0 radical (unpaired) electrons. The highest BCUT2D eigenvalue weighted by molar-refractivity contribution is 5.98. The van der Waals surface area contributed by atoms with E-state index in [-0.39, 0.29) is 29.8 Å². The number of ether oxygens (including phenoxy) is 1. The first-order chi connectivity index (χ1) is 16.4. The van der Waals surface area contributed by atoms with E-state index < -0.39 is 18.0 Å². The lowest BCUT2D eigenvalue weighted by molar-refractivity contribution is 0.0826. The Morgan fingerprint density at radius 1 is 1.15 bits per heavy atom. The van der Waals surface area contributed by atoms with Crippen molar-refractivity contribution in [2.45, 2.75) is 24.9 Å². The van der Waals surface area contributed by atoms with Crippen molar-refractivity contribution in [1.82, 2.24) is 14.7 Å². The van der Waals surface area contributed by atoms with E-state index in [1.165, 1.54) is 24.3 Å². The van der Waals surface area contributed by atoms with E-state index in [0.29, 0.717) is 31.6 Å². The van der Waals surface area contributed by atoms with Gasteiger partial charge in [0.15, 0.2) is 5.82 Å². The highest BCUT2D eigenvalue weighted by atomic mass is 19.1. The third-order valence-electron chi connectivity index (χ3n) is 5.78. The normalized spacial score (nSPS) is 17.9. The molecule has 0 aliphatic carbocycles. The van der Waals surface area contributed by atoms with Gasteiger partial charge in [-0.1, -0.05) is 30.3 Å². The Labute approximate surface area is 196 Å². The van der Waals surface area contributed by atoms with Crippen molar-refractivity contribution in [2.75, 3.05) is 25.0 Å². The fourth-order valence-corrected chi connectivity index (χ4v) is 3.96. The zero-order valence-corrected chi connectivity index (χ0v) is 18.6. The van der Waals surface area contributed by atoms with Crippen LogP contribution in [0.2, 0.25) is 0 Å². The molecule has 1 saturated heterocycles. The predicted molar refractivity (Wildman–Crippen MR) is 125 cm³/mol. The molecule has 4 rings (SSSR count). The number of aromatic nitrogens is 2. The van der Waals surface area contributed by atoms with Crippen LogP contribution in [0.1, 0.15) is 28.4 Å². The summed E-state index contributed by atoms with van der Waals surface area (Å²) in [6.07, 6.45) is 2.32. The fourth-order valence-electron chi connectivity index (χ4n) is 3.96. The maximum absolute atomic E-state index is 13.2. The van der Waals surface area contributed by atoms with Crippen molar-refractivity contribution in [3.05, 3.63) is 77.7 Å². The number of anilines is 2. The number of halogens is 1. The number of primary amides is 1. The van der Waals surface area contributed by atoms with Crippen molar-refractivity contribution in [1.29, 1.82) is 0 Å². The topological polar surface area (TPSA) is 128 Å². The van der Waals surface area contributed by atoms with Crippen molar-refractivity contribution in [3.63, 3.8) is 0 Å². The van der Waals surface area contributed by atoms with Gasteiger partial charge in [-0.25, -0.2) is 9.18 Å². The number of rotatable bonds is 7. The van der Waals surface area contributed by atoms with E-state index in [0.717, 1.165) is 5.56 Å². The van der Waals surface area contributed by atoms with Crippen molar-refractivity contribution < 1.29 is 18.7 Å². The van der Waals surface area contributed by atoms with E-state index >= 15 is 0 Å². The van der Waals surface area contributed by atoms with Crippen LogP contribution in [-0.2, 0) is 11.2 Å². The second kappa shape index (κ2) is 10.3. The third kappa shape index (κ3) is 5.52. The number of hydrogen-bond donors (Lipinski definition) is 3. The van der Waals surface area contributed by atoms with Crippen LogP contribution in [0.25, 0.3) is 0 Å². The minimum absolute atomic E-state index is 0.194. The molecule has 0 bridgehead atoms. The van der Waals surface area contributed by atoms with Crippen LogP contribution in [0, 0.1) is 5.82 Å². The molecule has 2 atom stereocenters. The van der Waals surface area contributed by atoms with Gasteiger partial charge in [-0.3, -0.25) is 9.48 Å². The van der Waals surface area contributed by atoms with E-state index in [4.69, 9.17) is 16.2 Å². The lowest BCUT2D eigenvalue weighted by Gasteiger charge is -2.36. The van der Waals surface area contributed by atoms with Crippen LogP contribution < -0.4 is 16.8 Å². The Kier molecular flexibility index (Phi) is 7.07. The lowest BCUT2D eigenvalue weighted by Crippen LogP contribution is -2.51. The smallest absolute Gasteiger partial charge is 0.409 e. The molecular formula is C24H27FN6O3. The molecule has 3 aromatic rings. The van der Waals surface area contributed by atoms with Crippen molar-refractivity contribution in [3.8, 4) is 0 Å². The quantitative estimate of drug-likeness (QED) is 0.491. The van der Waals surface area contributed by atoms with Gasteiger partial charge in [0.25, 0.3) is 5.91 Å². The largest absolute Gasteiger partial charge is 0.449 e. The number of piperidine rings is 1. The molecule has 1 aliphatic heterocycles. The molecule has 5 N–H and O–H groups in total. The summed E-state index contributed by atoms with van der Waals surface area (Å²) in [5.41, 5.74) is 13.8. The van der Waals surface area contributed by atoms with Gasteiger partial charge >= 0.3 is 6.09 Å². The molecule has 10 heteroatoms. The van der Waals surface area contributed by atoms with Gasteiger partial charge in [-0.2, -0.15) is 5.10 Å². The van der Waals surface area contributed by atoms with Gasteiger partial charge in [-0.05, 0) is 36.2 Å². The average Bonchev–Trinajstić information content (AvgIpc) is 3.25. The number of amides is 2. The number of nitrogens with zero attached hydrogens (tertiary/aromatic N) is 3. The second-order valence-electron chi connectivity index (χ2n) is 8.18. The van der Waals surface area contributed by atoms with Gasteiger partial charge in [0.05, 0.1) is 12.6 Å². The van der Waals surface area contributed by atoms with Crippen LogP contribution in [0.5, 0.6) is 0 Å². The molecule has 2 aromatic carbocycles. The summed E-state index contributed by atoms with van der Waals surface area (Å²) in [7, 11) is 0. The Bertz CT molecular complexity index is 1140. The minimum Gasteiger partial charge on any atom is -0.449 e. The molecule has 1 aliphatic rings. The molecule has 178 valence electrons. The number of benzene rings is 2. The first-order valence-electron chi connectivity index (χ1n) is 11.0. The highest BCUT2D eigenvalue weighted by Crippen LogP contribution is 2.26. The summed E-state index contributed by atoms with van der Waals surface area (Å²) in [5.74, 6) is -0.763. The number of nitrogens with one attached hydrogen (secondary N) is 1. The zero-order valence-electron chi connectivity index (χ0n) is 18.6. The number of carbonyl (C=O) groups excluding carboxylic acids is 2. The maximum Gasteiger partial charge on any atom is 0.409 e. The fraction of sp³-hybridized carbons (Fsp3) is 0.292. The Morgan fingerprint density at radius 2 is 1.88 bits per heavy atom. The first kappa shape index (κ1) is 23.2. The van der Waals surface area contributed by atoms with Crippen LogP contribution >= 0.6 is 0 Å². The molecule has 34 heavy (non-hydrogen) atoms. The monoisotopic (exact) mass is 466 g/mol. The van der Waals surface area contributed by atoms with E-state index in [1.807, 2.05) is 30.3 Å². The van der Waals surface area contributed by atoms with Crippen LogP contribution in [0.3, 0.4) is 0 Å². The Balaban J connectivity index is 1.37. The van der Waals surface area contributed by atoms with Gasteiger partial charge in [0, 0.05) is 37.4 Å². The molecule has 0 saturated carbocycles. The van der Waals surface area contributed by atoms with E-state index in [9.17, 15) is 14.0 Å². The molecule has 0 spiro atoms. The van der Waals surface area contributed by atoms with Crippen LogP contribution in [-0.4, -0.2) is 52.4 Å². The third-order valence-corrected chi connectivity index (χ3v) is 5.78. The lowest BCUT2D eigenvalue weighted by atomic mass is 10.0. The molecule has 1 fully saturated rings. The number of hydrogen-bond acceptors (Lipinski definition) is 6. The van der Waals surface area contributed by atoms with Crippen molar-refractivity contribution in [2.24, 2.45) is 11.5 Å². The summed E-state index contributed by atoms with van der Waals surface area (Å²) in [5, 5.41) is 7.47. The van der Waals surface area contributed by atoms with Gasteiger partial charge in [0.2, 0.25) is 0 Å². The highest BCUT2D eigenvalue weighted by Gasteiger charge is 2.32. The average molecular weight is 467 g/mol. The summed E-state index contributed by atoms with van der Waals surface area (Å²) >= 11 is 0. The maximum atomic E-state index is 13.2. The Morgan fingerprint density at radius 3 is 2.56 bits per heavy atom. The molecule has 1 aromatic heterocycles. The predicted octanol–water partition coefficient (Wildman–Crippen LogP) is 2.82. The summed E-state index contributed by atoms with van der Waals surface area (Å²) in [6.45, 7) is 1.02. The first-order valence-corrected chi connectivity index (χ1v) is 11.0. The zero-order chi connectivity index (χ0) is 24.1. The van der Waals surface area contributed by atoms with Gasteiger partial charge in [-0.15, -0.1) is 0 Å². The van der Waals surface area contributed by atoms with Crippen LogP contribution in [0.4, 0.5) is 20.7 Å². The van der Waals surface area contributed by atoms with E-state index in [1.54, 1.807) is 15.8 Å². The summed E-state index contributed by atoms with van der Waals surface area (Å²) in [6, 6.07) is 14.8. The molecule has 2 amide bonds. The van der Waals surface area contributed by atoms with Crippen LogP contribution in [0.15, 0.2) is 60.8 Å². The van der Waals surface area contributed by atoms with Crippen molar-refractivity contribution >= 4 is 23.5 Å². The molecule has 2 heterocycles. The minimum atomic E-state index is -0.649. The van der Waals surface area contributed by atoms with Gasteiger partial charge in [0.1, 0.15) is 11.4 Å². The number of nitrogens with two attached hydrogens (primary N) is 2. The second-order valence-corrected chi connectivity index (χ2v) is 8.18. The standard InChI is InChI=1S/C24H27FN6O3/c25-17-6-8-18(9-7-17)28-23-19(22(27)32)14-31(29-23)21-10-12-30(15-20(21)26)24(33)34-13-11-16-4-2-1-3-5-16/h1-9,14,20-21H,10-13,15,26H2,(H2,27,32)(H,28,29). The summed E-state index contributed by atoms with van der Waals surface area (Å²) < 4.78 is 20.2. The Hall–Kier alpha value is -3.92. The van der Waals surface area contributed by atoms with Gasteiger partial charge < -0.3 is 26.4 Å². The SMILES string of the molecule is NC(=O)c1cn(C2CCN(C(=O)OCCc3ccccc3)CC2N)nc1Nc1ccc(F)cc1. The molecule has 9 nitrogen and oxygen atoms in total. The van der Waals surface area contributed by atoms with E-state index in [2.05, 4.69) is 10.4 Å². The number of carbonyl (C=O) groups is 2. The molecule has 2 unspecified atom stereocenters. The number of likely N-dealkylation sites (tertiary alicyclic amines) is 1. The summed E-state index contributed by atoms with van der Waals surface area (Å²) in [4.78, 5) is 26.0. The molecular weight excluding hydrogens is 439 g/mol.